The summed E-state index contributed by atoms with van der Waals surface area (Å²) in [6.45, 7) is 3.74. The minimum absolute atomic E-state index is 0.216. The Morgan fingerprint density at radius 1 is 0.444 bits per heavy atom. The first kappa shape index (κ1) is 42.9. The molecule has 0 saturated heterocycles. The first-order valence-corrected chi connectivity index (χ1v) is 18.7. The monoisotopic (exact) mass is 640 g/mol. The van der Waals surface area contributed by atoms with Crippen molar-refractivity contribution in [1.82, 2.24) is 0 Å². The lowest BCUT2D eigenvalue weighted by Gasteiger charge is -2.17. The summed E-state index contributed by atoms with van der Waals surface area (Å²) in [4.78, 5) is 46.7. The van der Waals surface area contributed by atoms with Gasteiger partial charge in [-0.3, -0.25) is 9.59 Å². The van der Waals surface area contributed by atoms with Crippen LogP contribution in [0.2, 0.25) is 0 Å². The summed E-state index contributed by atoms with van der Waals surface area (Å²) in [5.41, 5.74) is 0. The molecule has 8 nitrogen and oxygen atoms in total. The zero-order valence-corrected chi connectivity index (χ0v) is 29.1. The van der Waals surface area contributed by atoms with Gasteiger partial charge in [0, 0.05) is 12.8 Å². The summed E-state index contributed by atoms with van der Waals surface area (Å²) in [7, 11) is 0. The van der Waals surface area contributed by atoms with E-state index in [-0.39, 0.29) is 19.4 Å². The molecule has 0 aromatic carbocycles. The molecule has 0 amide bonds. The second kappa shape index (κ2) is 33.2. The molecule has 0 fully saturated rings. The van der Waals surface area contributed by atoms with E-state index in [4.69, 9.17) is 19.3 Å². The van der Waals surface area contributed by atoms with Gasteiger partial charge in [0.05, 0.1) is 0 Å². The number of carboxylic acid groups (broad SMARTS) is 1. The van der Waals surface area contributed by atoms with Gasteiger partial charge in [-0.2, -0.15) is 0 Å². The van der Waals surface area contributed by atoms with Crippen molar-refractivity contribution in [3.05, 3.63) is 0 Å². The number of hydrogen-bond acceptors (Lipinski definition) is 7. The molecule has 264 valence electrons. The van der Waals surface area contributed by atoms with Gasteiger partial charge in [0.2, 0.25) is 0 Å². The van der Waals surface area contributed by atoms with Crippen LogP contribution in [-0.2, 0) is 33.4 Å². The van der Waals surface area contributed by atoms with Gasteiger partial charge in [-0.1, -0.05) is 168 Å². The quantitative estimate of drug-likeness (QED) is 0.0326. The van der Waals surface area contributed by atoms with Gasteiger partial charge in [-0.25, -0.2) is 9.59 Å². The lowest BCUT2D eigenvalue weighted by atomic mass is 10.0. The van der Waals surface area contributed by atoms with Crippen molar-refractivity contribution in [2.24, 2.45) is 0 Å². The molecule has 0 aliphatic rings. The minimum Gasteiger partial charge on any atom is -0.473 e. The van der Waals surface area contributed by atoms with Crippen LogP contribution in [0, 0.1) is 0 Å². The molecule has 0 bridgehead atoms. The fourth-order valence-corrected chi connectivity index (χ4v) is 5.42. The van der Waals surface area contributed by atoms with Gasteiger partial charge in [0.15, 0.2) is 6.10 Å². The number of rotatable bonds is 33. The smallest absolute Gasteiger partial charge is 0.417 e. The lowest BCUT2D eigenvalue weighted by Crippen LogP contribution is -2.32. The Kier molecular flexibility index (Phi) is 31.7. The predicted octanol–water partition coefficient (Wildman–Crippen LogP) is 10.0. The van der Waals surface area contributed by atoms with E-state index in [1.54, 1.807) is 0 Å². The van der Waals surface area contributed by atoms with Gasteiger partial charge in [-0.15, -0.1) is 0 Å². The average molecular weight is 641 g/mol. The zero-order valence-electron chi connectivity index (χ0n) is 29.1. The van der Waals surface area contributed by atoms with Crippen molar-refractivity contribution < 1.29 is 38.5 Å². The Morgan fingerprint density at radius 3 is 1.11 bits per heavy atom. The van der Waals surface area contributed by atoms with E-state index < -0.39 is 36.6 Å². The highest BCUT2D eigenvalue weighted by molar-refractivity contribution is 6.28. The van der Waals surface area contributed by atoms with Gasteiger partial charge >= 0.3 is 23.9 Å². The summed E-state index contributed by atoms with van der Waals surface area (Å²) in [5.74, 6) is -4.04. The number of esters is 3. The number of unbranched alkanes of at least 4 members (excludes halogenated alkanes) is 24. The molecule has 8 heteroatoms. The average Bonchev–Trinajstić information content (AvgIpc) is 3.02. The van der Waals surface area contributed by atoms with E-state index in [0.717, 1.165) is 38.5 Å². The Labute approximate surface area is 275 Å². The molecule has 0 rings (SSSR count). The molecule has 0 aromatic heterocycles. The third-order valence-electron chi connectivity index (χ3n) is 8.27. The molecule has 0 aromatic rings. The van der Waals surface area contributed by atoms with E-state index in [9.17, 15) is 19.2 Å². The first-order chi connectivity index (χ1) is 21.9. The molecular formula is C37H68O8. The summed E-state index contributed by atoms with van der Waals surface area (Å²) in [5, 5.41) is 8.76. The molecule has 0 spiro atoms. The Bertz CT molecular complexity index is 723. The second-order valence-corrected chi connectivity index (χ2v) is 12.7. The topological polar surface area (TPSA) is 116 Å². The van der Waals surface area contributed by atoms with Crippen LogP contribution in [0.5, 0.6) is 0 Å². The molecule has 0 heterocycles. The van der Waals surface area contributed by atoms with Crippen molar-refractivity contribution >= 4 is 23.9 Å². The summed E-state index contributed by atoms with van der Waals surface area (Å²) < 4.78 is 15.3. The van der Waals surface area contributed by atoms with Crippen molar-refractivity contribution in [2.75, 3.05) is 13.2 Å². The number of carbonyl (C=O) groups is 4. The van der Waals surface area contributed by atoms with Crippen molar-refractivity contribution in [2.45, 2.75) is 200 Å². The Morgan fingerprint density at radius 2 is 0.756 bits per heavy atom. The number of aliphatic carboxylic acids is 1. The maximum atomic E-state index is 12.4. The highest BCUT2D eigenvalue weighted by Crippen LogP contribution is 2.15. The SMILES string of the molecule is CCCCCCCCCCCCCCCC(=O)OC[C@H](COC(=O)C(=O)O)OC(=O)CCCCCCCCCCCCCCC. The predicted molar refractivity (Wildman–Crippen MR) is 180 cm³/mol. The third kappa shape index (κ3) is 31.6. The minimum atomic E-state index is -1.73. The molecule has 45 heavy (non-hydrogen) atoms. The normalized spacial score (nSPS) is 11.7. The van der Waals surface area contributed by atoms with Crippen LogP contribution in [-0.4, -0.2) is 48.3 Å². The number of carboxylic acids is 1. The van der Waals surface area contributed by atoms with E-state index in [1.807, 2.05) is 0 Å². The van der Waals surface area contributed by atoms with E-state index >= 15 is 0 Å². The number of carbonyl (C=O) groups excluding carboxylic acids is 3. The molecule has 1 atom stereocenters. The van der Waals surface area contributed by atoms with Gasteiger partial charge in [0.25, 0.3) is 0 Å². The molecule has 0 radical (unpaired) electrons. The third-order valence-corrected chi connectivity index (χ3v) is 8.27. The Balaban J connectivity index is 4.02. The van der Waals surface area contributed by atoms with Crippen LogP contribution in [0.3, 0.4) is 0 Å². The van der Waals surface area contributed by atoms with Crippen molar-refractivity contribution in [3.63, 3.8) is 0 Å². The maximum Gasteiger partial charge on any atom is 0.417 e. The molecular weight excluding hydrogens is 572 g/mol. The van der Waals surface area contributed by atoms with Crippen LogP contribution in [0.4, 0.5) is 0 Å². The number of hydrogen-bond donors (Lipinski definition) is 1. The van der Waals surface area contributed by atoms with Crippen LogP contribution < -0.4 is 0 Å². The first-order valence-electron chi connectivity index (χ1n) is 18.7. The van der Waals surface area contributed by atoms with E-state index in [1.165, 1.54) is 122 Å². The highest BCUT2D eigenvalue weighted by atomic mass is 16.6. The summed E-state index contributed by atoms with van der Waals surface area (Å²) >= 11 is 0. The van der Waals surface area contributed by atoms with Gasteiger partial charge < -0.3 is 19.3 Å². The molecule has 0 saturated carbocycles. The highest BCUT2D eigenvalue weighted by Gasteiger charge is 2.21. The van der Waals surface area contributed by atoms with E-state index in [0.29, 0.717) is 6.42 Å². The maximum absolute atomic E-state index is 12.4. The van der Waals surface area contributed by atoms with E-state index in [2.05, 4.69) is 13.8 Å². The summed E-state index contributed by atoms with van der Waals surface area (Å²) in [6.07, 6.45) is 31.0. The fraction of sp³-hybridized carbons (Fsp3) is 0.892. The summed E-state index contributed by atoms with van der Waals surface area (Å²) in [6, 6.07) is 0. The largest absolute Gasteiger partial charge is 0.473 e. The van der Waals surface area contributed by atoms with Crippen LogP contribution in [0.25, 0.3) is 0 Å². The fourth-order valence-electron chi connectivity index (χ4n) is 5.42. The van der Waals surface area contributed by atoms with Gasteiger partial charge in [-0.05, 0) is 12.8 Å². The molecule has 0 aliphatic carbocycles. The zero-order chi connectivity index (χ0) is 33.2. The van der Waals surface area contributed by atoms with Crippen molar-refractivity contribution in [1.29, 1.82) is 0 Å². The standard InChI is InChI=1S/C37H68O8/c1-3-5-7-9-11-13-15-17-19-21-23-25-27-29-34(38)43-31-33(32-44-37(42)36(40)41)45-35(39)30-28-26-24-22-20-18-16-14-12-10-8-6-4-2/h33H,3-32H2,1-2H3,(H,40,41)/t33-/m1/s1. The lowest BCUT2D eigenvalue weighted by molar-refractivity contribution is -0.172. The van der Waals surface area contributed by atoms with Crippen LogP contribution in [0.15, 0.2) is 0 Å². The van der Waals surface area contributed by atoms with Crippen LogP contribution >= 0.6 is 0 Å². The molecule has 0 unspecified atom stereocenters. The number of ether oxygens (including phenoxy) is 3. The second-order valence-electron chi connectivity index (χ2n) is 12.7. The van der Waals surface area contributed by atoms with Gasteiger partial charge in [0.1, 0.15) is 13.2 Å². The molecule has 1 N–H and O–H groups in total. The Hall–Kier alpha value is -2.12. The van der Waals surface area contributed by atoms with Crippen LogP contribution in [0.1, 0.15) is 194 Å². The molecule has 0 aliphatic heterocycles. The van der Waals surface area contributed by atoms with Crippen molar-refractivity contribution in [3.8, 4) is 0 Å².